The zero-order valence-corrected chi connectivity index (χ0v) is 25.1. The minimum absolute atomic E-state index is 0.00297. The van der Waals surface area contributed by atoms with E-state index in [0.717, 1.165) is 57.3 Å². The fourth-order valence-corrected chi connectivity index (χ4v) is 6.71. The number of carbonyl (C=O) groups excluding carboxylic acids is 2. The number of hydrogen-bond donors (Lipinski definition) is 2. The van der Waals surface area contributed by atoms with Gasteiger partial charge in [0.05, 0.1) is 23.0 Å². The number of rotatable bonds is 10. The van der Waals surface area contributed by atoms with Crippen LogP contribution >= 0.6 is 0 Å². The minimum atomic E-state index is -1.48. The van der Waals surface area contributed by atoms with Crippen LogP contribution in [0.3, 0.4) is 0 Å². The molecule has 226 valence electrons. The van der Waals surface area contributed by atoms with Crippen LogP contribution < -0.4 is 10.1 Å². The predicted molar refractivity (Wildman–Crippen MR) is 157 cm³/mol. The average molecular weight is 578 g/mol. The van der Waals surface area contributed by atoms with Gasteiger partial charge in [-0.3, -0.25) is 9.59 Å². The first-order valence-electron chi connectivity index (χ1n) is 15.2. The highest BCUT2D eigenvalue weighted by Crippen LogP contribution is 2.34. The number of carboxylic acids is 1. The molecule has 3 heterocycles. The number of benzene rings is 1. The number of nitrogens with one attached hydrogen (secondary N) is 1. The molecular formula is C32H43N5O5. The summed E-state index contributed by atoms with van der Waals surface area (Å²) in [5.41, 5.74) is 1.08. The Morgan fingerprint density at radius 3 is 2.17 bits per heavy atom. The second-order valence-corrected chi connectivity index (χ2v) is 12.7. The number of aliphatic carboxylic acids is 1. The molecule has 2 saturated heterocycles. The topological polar surface area (TPSA) is 125 Å². The molecule has 1 aromatic heterocycles. The number of carboxylic acid groups (broad SMARTS) is 1. The van der Waals surface area contributed by atoms with E-state index in [1.165, 1.54) is 13.8 Å². The molecule has 2 aliphatic heterocycles. The zero-order chi connectivity index (χ0) is 30.0. The summed E-state index contributed by atoms with van der Waals surface area (Å²) in [6.07, 6.45) is 5.11. The van der Waals surface area contributed by atoms with Gasteiger partial charge in [0.1, 0.15) is 0 Å². The van der Waals surface area contributed by atoms with Crippen LogP contribution in [0.15, 0.2) is 30.3 Å². The van der Waals surface area contributed by atoms with Gasteiger partial charge in [-0.15, -0.1) is 0 Å². The quantitative estimate of drug-likeness (QED) is 0.437. The van der Waals surface area contributed by atoms with E-state index in [2.05, 4.69) is 32.3 Å². The van der Waals surface area contributed by atoms with Gasteiger partial charge in [-0.1, -0.05) is 43.2 Å². The van der Waals surface area contributed by atoms with E-state index in [1.54, 1.807) is 13.8 Å². The first kappa shape index (κ1) is 29.9. The Hall–Kier alpha value is -3.53. The Balaban J connectivity index is 1.17. The molecule has 3 aliphatic rings. The lowest BCUT2D eigenvalue weighted by atomic mass is 10.0. The van der Waals surface area contributed by atoms with E-state index in [4.69, 9.17) is 4.74 Å². The molecule has 3 atom stereocenters. The van der Waals surface area contributed by atoms with Crippen LogP contribution in [0.2, 0.25) is 0 Å². The SMILES string of the molecule is Cc1nc(OC(C)(C)C(=O)O)nc(C)c1C(=O)N1CC2CN(CC[C@H](NC(=O)C3CCCC3)c3ccccc3)CC2C1. The van der Waals surface area contributed by atoms with Gasteiger partial charge in [0.15, 0.2) is 0 Å². The van der Waals surface area contributed by atoms with Crippen molar-refractivity contribution in [1.82, 2.24) is 25.1 Å². The van der Waals surface area contributed by atoms with E-state index >= 15 is 0 Å². The van der Waals surface area contributed by atoms with Crippen molar-refractivity contribution in [3.05, 3.63) is 52.8 Å². The number of nitrogens with zero attached hydrogens (tertiary/aromatic N) is 4. The third-order valence-corrected chi connectivity index (χ3v) is 9.15. The van der Waals surface area contributed by atoms with Gasteiger partial charge in [-0.05, 0) is 64.4 Å². The molecule has 0 radical (unpaired) electrons. The highest BCUT2D eigenvalue weighted by molar-refractivity contribution is 5.96. The van der Waals surface area contributed by atoms with Crippen LogP contribution in [-0.4, -0.2) is 81.0 Å². The minimum Gasteiger partial charge on any atom is -0.478 e. The number of ether oxygens (including phenoxy) is 1. The monoisotopic (exact) mass is 577 g/mol. The number of fused-ring (bicyclic) bond motifs is 1. The predicted octanol–water partition coefficient (Wildman–Crippen LogP) is 3.78. The molecule has 1 aromatic carbocycles. The normalized spacial score (nSPS) is 21.8. The highest BCUT2D eigenvalue weighted by Gasteiger charge is 2.42. The maximum atomic E-state index is 13.5. The van der Waals surface area contributed by atoms with E-state index in [-0.39, 0.29) is 29.8 Å². The van der Waals surface area contributed by atoms with E-state index in [0.29, 0.717) is 41.9 Å². The second-order valence-electron chi connectivity index (χ2n) is 12.7. The largest absolute Gasteiger partial charge is 0.478 e. The van der Waals surface area contributed by atoms with Gasteiger partial charge < -0.3 is 25.0 Å². The van der Waals surface area contributed by atoms with Crippen molar-refractivity contribution >= 4 is 17.8 Å². The van der Waals surface area contributed by atoms with Gasteiger partial charge in [0.2, 0.25) is 11.5 Å². The Kier molecular flexibility index (Phi) is 8.82. The van der Waals surface area contributed by atoms with E-state index in [9.17, 15) is 19.5 Å². The lowest BCUT2D eigenvalue weighted by Crippen LogP contribution is -2.39. The van der Waals surface area contributed by atoms with Crippen LogP contribution in [0, 0.1) is 31.6 Å². The summed E-state index contributed by atoms with van der Waals surface area (Å²) >= 11 is 0. The molecular weight excluding hydrogens is 534 g/mol. The number of likely N-dealkylation sites (tertiary alicyclic amines) is 2. The third-order valence-electron chi connectivity index (χ3n) is 9.15. The summed E-state index contributed by atoms with van der Waals surface area (Å²) in [5.74, 6) is -0.0785. The van der Waals surface area contributed by atoms with Gasteiger partial charge in [0, 0.05) is 38.6 Å². The average Bonchev–Trinajstić information content (AvgIpc) is 3.68. The van der Waals surface area contributed by atoms with Crippen molar-refractivity contribution < 1.29 is 24.2 Å². The van der Waals surface area contributed by atoms with Crippen LogP contribution in [0.5, 0.6) is 6.01 Å². The number of aromatic nitrogens is 2. The number of aryl methyl sites for hydroxylation is 2. The molecule has 2 aromatic rings. The molecule has 1 aliphatic carbocycles. The van der Waals surface area contributed by atoms with E-state index in [1.807, 2.05) is 23.1 Å². The summed E-state index contributed by atoms with van der Waals surface area (Å²) in [4.78, 5) is 50.9. The van der Waals surface area contributed by atoms with Gasteiger partial charge in [0.25, 0.3) is 5.91 Å². The number of hydrogen-bond acceptors (Lipinski definition) is 7. The molecule has 2 N–H and O–H groups in total. The zero-order valence-electron chi connectivity index (χ0n) is 25.1. The lowest BCUT2D eigenvalue weighted by Gasteiger charge is -2.26. The van der Waals surface area contributed by atoms with Crippen LogP contribution in [0.25, 0.3) is 0 Å². The first-order chi connectivity index (χ1) is 20.0. The standard InChI is InChI=1S/C32H43N5O5/c1-20-27(21(2)34-31(33-20)42-32(3,4)30(40)41)29(39)37-18-24-16-36(17-25(24)19-37)15-14-26(22-10-6-5-7-11-22)35-28(38)23-12-8-9-13-23/h5-7,10-11,23-26H,8-9,12-19H2,1-4H3,(H,35,38)(H,40,41)/t24?,25?,26-/m0/s1. The Morgan fingerprint density at radius 2 is 1.60 bits per heavy atom. The van der Waals surface area contributed by atoms with Gasteiger partial charge in [-0.2, -0.15) is 9.97 Å². The molecule has 10 nitrogen and oxygen atoms in total. The van der Waals surface area contributed by atoms with Crippen molar-refractivity contribution in [1.29, 1.82) is 0 Å². The Bertz CT molecular complexity index is 1270. The summed E-state index contributed by atoms with van der Waals surface area (Å²) in [7, 11) is 0. The van der Waals surface area contributed by atoms with Gasteiger partial charge in [-0.25, -0.2) is 4.79 Å². The van der Waals surface area contributed by atoms with Crippen molar-refractivity contribution in [3.63, 3.8) is 0 Å². The highest BCUT2D eigenvalue weighted by atomic mass is 16.5. The molecule has 2 unspecified atom stereocenters. The maximum Gasteiger partial charge on any atom is 0.347 e. The summed E-state index contributed by atoms with van der Waals surface area (Å²) in [5, 5.41) is 12.7. The Morgan fingerprint density at radius 1 is 1.00 bits per heavy atom. The fourth-order valence-electron chi connectivity index (χ4n) is 6.71. The molecule has 10 heteroatoms. The van der Waals surface area contributed by atoms with Crippen molar-refractivity contribution in [2.24, 2.45) is 17.8 Å². The van der Waals surface area contributed by atoms with Crippen LogP contribution in [0.1, 0.15) is 79.3 Å². The second kappa shape index (κ2) is 12.4. The molecule has 42 heavy (non-hydrogen) atoms. The van der Waals surface area contributed by atoms with Crippen molar-refractivity contribution in [3.8, 4) is 6.01 Å². The maximum absolute atomic E-state index is 13.5. The molecule has 2 amide bonds. The molecule has 5 rings (SSSR count). The first-order valence-corrected chi connectivity index (χ1v) is 15.2. The van der Waals surface area contributed by atoms with Crippen LogP contribution in [0.4, 0.5) is 0 Å². The summed E-state index contributed by atoms with van der Waals surface area (Å²) < 4.78 is 5.50. The van der Waals surface area contributed by atoms with Crippen LogP contribution in [-0.2, 0) is 9.59 Å². The lowest BCUT2D eigenvalue weighted by molar-refractivity contribution is -0.152. The smallest absolute Gasteiger partial charge is 0.347 e. The third kappa shape index (κ3) is 6.59. The molecule has 0 bridgehead atoms. The summed E-state index contributed by atoms with van der Waals surface area (Å²) in [6.45, 7) is 10.5. The van der Waals surface area contributed by atoms with Crippen molar-refractivity contribution in [2.45, 2.75) is 71.4 Å². The molecule has 0 spiro atoms. The van der Waals surface area contributed by atoms with Gasteiger partial charge >= 0.3 is 12.0 Å². The summed E-state index contributed by atoms with van der Waals surface area (Å²) in [6, 6.07) is 10.2. The number of carbonyl (C=O) groups is 3. The Labute approximate surface area is 247 Å². The molecule has 1 saturated carbocycles. The fraction of sp³-hybridized carbons (Fsp3) is 0.594. The molecule has 3 fully saturated rings. The van der Waals surface area contributed by atoms with E-state index < -0.39 is 11.6 Å². The number of amides is 2. The van der Waals surface area contributed by atoms with Crippen molar-refractivity contribution in [2.75, 3.05) is 32.7 Å².